The summed E-state index contributed by atoms with van der Waals surface area (Å²) in [5.41, 5.74) is 1.08. The molecule has 0 aliphatic rings. The summed E-state index contributed by atoms with van der Waals surface area (Å²) in [5, 5.41) is 4.24. The Labute approximate surface area is 114 Å². The number of nitrogens with one attached hydrogen (secondary N) is 1. The van der Waals surface area contributed by atoms with Crippen molar-refractivity contribution < 1.29 is 0 Å². The highest BCUT2D eigenvalue weighted by molar-refractivity contribution is 6.32. The summed E-state index contributed by atoms with van der Waals surface area (Å²) in [6.45, 7) is 0.612. The molecule has 17 heavy (non-hydrogen) atoms. The fraction of sp³-hybridized carbons (Fsp3) is 0.0909. The molecule has 0 fully saturated rings. The van der Waals surface area contributed by atoms with Crippen LogP contribution >= 0.6 is 34.8 Å². The monoisotopic (exact) mass is 287 g/mol. The van der Waals surface area contributed by atoms with Crippen LogP contribution in [0.15, 0.2) is 30.3 Å². The van der Waals surface area contributed by atoms with E-state index in [-0.39, 0.29) is 5.28 Å². The minimum Gasteiger partial charge on any atom is -0.366 e. The van der Waals surface area contributed by atoms with Crippen molar-refractivity contribution in [2.24, 2.45) is 0 Å². The van der Waals surface area contributed by atoms with Gasteiger partial charge in [-0.25, -0.2) is 9.97 Å². The van der Waals surface area contributed by atoms with Crippen molar-refractivity contribution in [2.45, 2.75) is 6.54 Å². The highest BCUT2D eigenvalue weighted by Crippen LogP contribution is 2.16. The SMILES string of the molecule is Clc1ccc(CNc2cc(Cl)nc(Cl)n2)cc1. The van der Waals surface area contributed by atoms with E-state index in [0.29, 0.717) is 22.5 Å². The van der Waals surface area contributed by atoms with Crippen LogP contribution in [0.3, 0.4) is 0 Å². The molecule has 0 saturated carbocycles. The Morgan fingerprint density at radius 3 is 2.35 bits per heavy atom. The van der Waals surface area contributed by atoms with Gasteiger partial charge in [0.05, 0.1) is 0 Å². The number of hydrogen-bond donors (Lipinski definition) is 1. The molecule has 1 N–H and O–H groups in total. The van der Waals surface area contributed by atoms with Crippen LogP contribution in [0.25, 0.3) is 0 Å². The molecule has 2 aromatic rings. The molecule has 1 aromatic heterocycles. The van der Waals surface area contributed by atoms with Crippen LogP contribution < -0.4 is 5.32 Å². The highest BCUT2D eigenvalue weighted by Gasteiger charge is 2.01. The summed E-state index contributed by atoms with van der Waals surface area (Å²) < 4.78 is 0. The Balaban J connectivity index is 2.04. The van der Waals surface area contributed by atoms with Gasteiger partial charge in [-0.1, -0.05) is 35.3 Å². The van der Waals surface area contributed by atoms with Gasteiger partial charge in [0, 0.05) is 17.6 Å². The fourth-order valence-electron chi connectivity index (χ4n) is 1.28. The van der Waals surface area contributed by atoms with Crippen LogP contribution in [-0.4, -0.2) is 9.97 Å². The molecule has 0 bridgehead atoms. The first kappa shape index (κ1) is 12.4. The van der Waals surface area contributed by atoms with Crippen molar-refractivity contribution in [3.8, 4) is 0 Å². The summed E-state index contributed by atoms with van der Waals surface area (Å²) in [5.74, 6) is 0.588. The molecule has 0 spiro atoms. The summed E-state index contributed by atoms with van der Waals surface area (Å²) in [7, 11) is 0. The van der Waals surface area contributed by atoms with Gasteiger partial charge in [0.1, 0.15) is 11.0 Å². The van der Waals surface area contributed by atoms with Crippen molar-refractivity contribution in [2.75, 3.05) is 5.32 Å². The number of nitrogens with zero attached hydrogens (tertiary/aromatic N) is 2. The molecule has 6 heteroatoms. The first-order chi connectivity index (χ1) is 8.13. The van der Waals surface area contributed by atoms with Crippen LogP contribution in [0.2, 0.25) is 15.5 Å². The minimum absolute atomic E-state index is 0.121. The number of aromatic nitrogens is 2. The lowest BCUT2D eigenvalue weighted by atomic mass is 10.2. The van der Waals surface area contributed by atoms with Crippen LogP contribution in [0.4, 0.5) is 5.82 Å². The van der Waals surface area contributed by atoms with Crippen molar-refractivity contribution >= 4 is 40.6 Å². The zero-order valence-corrected chi connectivity index (χ0v) is 10.9. The molecule has 0 aliphatic carbocycles. The number of rotatable bonds is 3. The zero-order chi connectivity index (χ0) is 12.3. The smallest absolute Gasteiger partial charge is 0.225 e. The highest BCUT2D eigenvalue weighted by atomic mass is 35.5. The molecular weight excluding hydrogens is 281 g/mol. The van der Waals surface area contributed by atoms with Gasteiger partial charge in [-0.2, -0.15) is 0 Å². The molecule has 0 unspecified atom stereocenters. The molecule has 0 saturated heterocycles. The third kappa shape index (κ3) is 3.73. The van der Waals surface area contributed by atoms with Gasteiger partial charge in [0.25, 0.3) is 0 Å². The Hall–Kier alpha value is -1.03. The lowest BCUT2D eigenvalue weighted by Gasteiger charge is -2.06. The first-order valence-electron chi connectivity index (χ1n) is 4.82. The van der Waals surface area contributed by atoms with Gasteiger partial charge in [-0.05, 0) is 29.3 Å². The molecule has 0 amide bonds. The predicted octanol–water partition coefficient (Wildman–Crippen LogP) is 4.05. The third-order valence-corrected chi connectivity index (χ3v) is 2.67. The number of anilines is 1. The van der Waals surface area contributed by atoms with Crippen molar-refractivity contribution in [3.05, 3.63) is 51.4 Å². The van der Waals surface area contributed by atoms with Crippen molar-refractivity contribution in [1.29, 1.82) is 0 Å². The van der Waals surface area contributed by atoms with Crippen LogP contribution in [-0.2, 0) is 6.54 Å². The summed E-state index contributed by atoms with van der Waals surface area (Å²) in [6.07, 6.45) is 0. The molecule has 0 radical (unpaired) electrons. The molecular formula is C11H8Cl3N3. The molecule has 88 valence electrons. The summed E-state index contributed by atoms with van der Waals surface area (Å²) >= 11 is 17.2. The Morgan fingerprint density at radius 1 is 1.00 bits per heavy atom. The molecule has 0 aliphatic heterocycles. The molecule has 1 aromatic carbocycles. The molecule has 0 atom stereocenters. The van der Waals surface area contributed by atoms with Gasteiger partial charge in [-0.3, -0.25) is 0 Å². The minimum atomic E-state index is 0.121. The zero-order valence-electron chi connectivity index (χ0n) is 8.62. The van der Waals surface area contributed by atoms with Crippen molar-refractivity contribution in [3.63, 3.8) is 0 Å². The van der Waals surface area contributed by atoms with E-state index >= 15 is 0 Å². The maximum Gasteiger partial charge on any atom is 0.225 e. The van der Waals surface area contributed by atoms with E-state index in [1.165, 1.54) is 0 Å². The number of benzene rings is 1. The van der Waals surface area contributed by atoms with E-state index in [2.05, 4.69) is 15.3 Å². The summed E-state index contributed by atoms with van der Waals surface area (Å²) in [4.78, 5) is 7.76. The van der Waals surface area contributed by atoms with E-state index < -0.39 is 0 Å². The Bertz CT molecular complexity index is 494. The molecule has 3 nitrogen and oxygen atoms in total. The second kappa shape index (κ2) is 5.54. The van der Waals surface area contributed by atoms with E-state index in [1.807, 2.05) is 24.3 Å². The van der Waals surface area contributed by atoms with Gasteiger partial charge in [0.2, 0.25) is 5.28 Å². The Morgan fingerprint density at radius 2 is 1.71 bits per heavy atom. The average molecular weight is 289 g/mol. The quantitative estimate of drug-likeness (QED) is 0.684. The lowest BCUT2D eigenvalue weighted by Crippen LogP contribution is -2.02. The topological polar surface area (TPSA) is 37.8 Å². The van der Waals surface area contributed by atoms with E-state index in [0.717, 1.165) is 5.56 Å². The number of halogens is 3. The van der Waals surface area contributed by atoms with Crippen LogP contribution in [0.1, 0.15) is 5.56 Å². The number of hydrogen-bond acceptors (Lipinski definition) is 3. The fourth-order valence-corrected chi connectivity index (χ4v) is 1.81. The van der Waals surface area contributed by atoms with Crippen molar-refractivity contribution in [1.82, 2.24) is 9.97 Å². The van der Waals surface area contributed by atoms with Gasteiger partial charge < -0.3 is 5.32 Å². The first-order valence-corrected chi connectivity index (χ1v) is 5.95. The van der Waals surface area contributed by atoms with Gasteiger partial charge in [0.15, 0.2) is 0 Å². The summed E-state index contributed by atoms with van der Waals surface area (Å²) in [6, 6.07) is 9.14. The standard InChI is InChI=1S/C11H8Cl3N3/c12-8-3-1-7(2-4-8)6-15-10-5-9(13)16-11(14)17-10/h1-5H,6H2,(H,15,16,17). The van der Waals surface area contributed by atoms with Gasteiger partial charge in [-0.15, -0.1) is 0 Å². The second-order valence-corrected chi connectivity index (χ2v) is 4.49. The van der Waals surface area contributed by atoms with E-state index in [1.54, 1.807) is 6.07 Å². The van der Waals surface area contributed by atoms with Crippen LogP contribution in [0, 0.1) is 0 Å². The van der Waals surface area contributed by atoms with Crippen LogP contribution in [0.5, 0.6) is 0 Å². The largest absolute Gasteiger partial charge is 0.366 e. The van der Waals surface area contributed by atoms with Gasteiger partial charge >= 0.3 is 0 Å². The molecule has 1 heterocycles. The Kier molecular flexibility index (Phi) is 4.05. The van der Waals surface area contributed by atoms with E-state index in [9.17, 15) is 0 Å². The van der Waals surface area contributed by atoms with E-state index in [4.69, 9.17) is 34.8 Å². The lowest BCUT2D eigenvalue weighted by molar-refractivity contribution is 1.08. The third-order valence-electron chi connectivity index (χ3n) is 2.05. The maximum absolute atomic E-state index is 5.79. The normalized spacial score (nSPS) is 10.3. The average Bonchev–Trinajstić information content (AvgIpc) is 2.27. The predicted molar refractivity (Wildman–Crippen MR) is 70.8 cm³/mol. The second-order valence-electron chi connectivity index (χ2n) is 3.32. The molecule has 2 rings (SSSR count). The maximum atomic E-state index is 5.79.